The van der Waals surface area contributed by atoms with E-state index in [0.717, 1.165) is 23.0 Å². The van der Waals surface area contributed by atoms with Crippen LogP contribution in [-0.4, -0.2) is 24.3 Å². The van der Waals surface area contributed by atoms with Gasteiger partial charge >= 0.3 is 0 Å². The van der Waals surface area contributed by atoms with Crippen LogP contribution in [0.3, 0.4) is 0 Å². The van der Waals surface area contributed by atoms with Crippen molar-refractivity contribution >= 4 is 28.7 Å². The van der Waals surface area contributed by atoms with Crippen LogP contribution < -0.4 is 0 Å². The van der Waals surface area contributed by atoms with E-state index in [-0.39, 0.29) is 5.78 Å². The zero-order valence-corrected chi connectivity index (χ0v) is 13.3. The average Bonchev–Trinajstić information content (AvgIpc) is 2.82. The third-order valence-electron chi connectivity index (χ3n) is 3.15. The first-order valence-corrected chi connectivity index (χ1v) is 7.76. The first kappa shape index (κ1) is 15.2. The summed E-state index contributed by atoms with van der Waals surface area (Å²) in [6, 6.07) is 11.7. The van der Waals surface area contributed by atoms with E-state index in [4.69, 9.17) is 11.6 Å². The third kappa shape index (κ3) is 4.44. The van der Waals surface area contributed by atoms with Crippen LogP contribution in [-0.2, 0) is 6.54 Å². The summed E-state index contributed by atoms with van der Waals surface area (Å²) in [5.41, 5.74) is 1.97. The van der Waals surface area contributed by atoms with Crippen LogP contribution in [0.15, 0.2) is 36.4 Å². The van der Waals surface area contributed by atoms with Gasteiger partial charge in [0.2, 0.25) is 0 Å². The molecule has 0 saturated heterocycles. The molecule has 1 heterocycles. The molecule has 20 heavy (non-hydrogen) atoms. The number of carbonyl (C=O) groups is 1. The minimum atomic E-state index is 0.195. The Balaban J connectivity index is 1.82. The van der Waals surface area contributed by atoms with Gasteiger partial charge in [0.1, 0.15) is 0 Å². The van der Waals surface area contributed by atoms with E-state index >= 15 is 0 Å². The number of nitrogens with zero attached hydrogens (tertiary/aromatic N) is 1. The molecule has 0 atom stereocenters. The molecule has 0 fully saturated rings. The van der Waals surface area contributed by atoms with Crippen molar-refractivity contribution < 1.29 is 4.79 Å². The van der Waals surface area contributed by atoms with Gasteiger partial charge in [0.25, 0.3) is 0 Å². The lowest BCUT2D eigenvalue weighted by Crippen LogP contribution is -2.21. The van der Waals surface area contributed by atoms with Gasteiger partial charge in [0.05, 0.1) is 4.34 Å². The minimum absolute atomic E-state index is 0.195. The highest BCUT2D eigenvalue weighted by Crippen LogP contribution is 2.22. The van der Waals surface area contributed by atoms with Crippen molar-refractivity contribution in [3.05, 3.63) is 56.7 Å². The van der Waals surface area contributed by atoms with Gasteiger partial charge in [-0.2, -0.15) is 0 Å². The molecule has 0 unspecified atom stereocenters. The van der Waals surface area contributed by atoms with Crippen LogP contribution in [0.5, 0.6) is 0 Å². The van der Waals surface area contributed by atoms with Crippen LogP contribution >= 0.6 is 22.9 Å². The van der Waals surface area contributed by atoms with E-state index in [1.165, 1.54) is 10.4 Å². The number of thiophene rings is 1. The maximum absolute atomic E-state index is 12.1. The zero-order valence-electron chi connectivity index (χ0n) is 11.7. The number of benzene rings is 1. The highest BCUT2D eigenvalue weighted by molar-refractivity contribution is 7.16. The van der Waals surface area contributed by atoms with Gasteiger partial charge in [-0.1, -0.05) is 41.4 Å². The first-order chi connectivity index (χ1) is 9.54. The molecule has 2 nitrogen and oxygen atoms in total. The van der Waals surface area contributed by atoms with Gasteiger partial charge in [0, 0.05) is 30.0 Å². The number of aryl methyl sites for hydroxylation is 1. The average molecular weight is 308 g/mol. The Morgan fingerprint density at radius 3 is 2.50 bits per heavy atom. The Hall–Kier alpha value is -1.16. The van der Waals surface area contributed by atoms with Crippen molar-refractivity contribution in [2.45, 2.75) is 19.9 Å². The van der Waals surface area contributed by atoms with E-state index in [2.05, 4.69) is 4.90 Å². The number of halogens is 1. The summed E-state index contributed by atoms with van der Waals surface area (Å²) in [7, 11) is 2.02. The van der Waals surface area contributed by atoms with Crippen molar-refractivity contribution in [2.75, 3.05) is 13.6 Å². The topological polar surface area (TPSA) is 20.3 Å². The molecule has 0 aliphatic rings. The lowest BCUT2D eigenvalue weighted by Gasteiger charge is -2.14. The molecule has 0 saturated carbocycles. The maximum atomic E-state index is 12.1. The van der Waals surface area contributed by atoms with Gasteiger partial charge in [0.15, 0.2) is 5.78 Å². The summed E-state index contributed by atoms with van der Waals surface area (Å²) in [5.74, 6) is 0.195. The number of hydrogen-bond donors (Lipinski definition) is 0. The fraction of sp³-hybridized carbons (Fsp3) is 0.312. The van der Waals surface area contributed by atoms with Crippen LogP contribution in [0, 0.1) is 6.92 Å². The second-order valence-corrected chi connectivity index (χ2v) is 6.78. The number of hydrogen-bond acceptors (Lipinski definition) is 3. The van der Waals surface area contributed by atoms with Gasteiger partial charge in [-0.05, 0) is 26.1 Å². The van der Waals surface area contributed by atoms with Gasteiger partial charge in [-0.25, -0.2) is 0 Å². The standard InChI is InChI=1S/C16H18ClNOS/c1-12-3-5-13(6-4-12)15(19)9-10-18(2)11-14-7-8-16(17)20-14/h3-8H,9-11H2,1-2H3. The number of ketones is 1. The summed E-state index contributed by atoms with van der Waals surface area (Å²) < 4.78 is 0.809. The molecule has 0 N–H and O–H groups in total. The molecular formula is C16H18ClNOS. The third-order valence-corrected chi connectivity index (χ3v) is 4.36. The van der Waals surface area contributed by atoms with Gasteiger partial charge in [-0.15, -0.1) is 11.3 Å². The predicted octanol–water partition coefficient (Wildman–Crippen LogP) is 4.41. The summed E-state index contributed by atoms with van der Waals surface area (Å²) in [6.07, 6.45) is 0.540. The van der Waals surface area contributed by atoms with E-state index in [9.17, 15) is 4.79 Å². The van der Waals surface area contributed by atoms with E-state index < -0.39 is 0 Å². The quantitative estimate of drug-likeness (QED) is 0.737. The number of carbonyl (C=O) groups excluding carboxylic acids is 1. The molecule has 0 aliphatic heterocycles. The highest BCUT2D eigenvalue weighted by atomic mass is 35.5. The molecule has 1 aromatic heterocycles. The molecule has 0 bridgehead atoms. The second kappa shape index (κ2) is 7.02. The lowest BCUT2D eigenvalue weighted by molar-refractivity contribution is 0.0968. The molecular weight excluding hydrogens is 290 g/mol. The Bertz CT molecular complexity index is 576. The van der Waals surface area contributed by atoms with Gasteiger partial charge in [-0.3, -0.25) is 4.79 Å². The fourth-order valence-corrected chi connectivity index (χ4v) is 3.13. The van der Waals surface area contributed by atoms with Crippen molar-refractivity contribution in [3.63, 3.8) is 0 Å². The number of Topliss-reactive ketones (excluding diaryl/α,β-unsaturated/α-hetero) is 1. The predicted molar refractivity (Wildman–Crippen MR) is 85.8 cm³/mol. The highest BCUT2D eigenvalue weighted by Gasteiger charge is 2.08. The van der Waals surface area contributed by atoms with Crippen LogP contribution in [0.25, 0.3) is 0 Å². The van der Waals surface area contributed by atoms with Gasteiger partial charge < -0.3 is 4.90 Å². The van der Waals surface area contributed by atoms with Crippen LogP contribution in [0.4, 0.5) is 0 Å². The minimum Gasteiger partial charge on any atom is -0.301 e. The summed E-state index contributed by atoms with van der Waals surface area (Å²) in [5, 5.41) is 0. The van der Waals surface area contributed by atoms with Crippen molar-refractivity contribution in [2.24, 2.45) is 0 Å². The van der Waals surface area contributed by atoms with E-state index in [1.54, 1.807) is 11.3 Å². The molecule has 106 valence electrons. The van der Waals surface area contributed by atoms with E-state index in [0.29, 0.717) is 6.42 Å². The number of rotatable bonds is 6. The Labute approximate surface area is 129 Å². The first-order valence-electron chi connectivity index (χ1n) is 6.57. The Morgan fingerprint density at radius 2 is 1.90 bits per heavy atom. The van der Waals surface area contributed by atoms with Crippen molar-refractivity contribution in [1.29, 1.82) is 0 Å². The monoisotopic (exact) mass is 307 g/mol. The summed E-state index contributed by atoms with van der Waals surface area (Å²) in [6.45, 7) is 3.61. The Kier molecular flexibility index (Phi) is 5.35. The zero-order chi connectivity index (χ0) is 14.5. The molecule has 0 amide bonds. The maximum Gasteiger partial charge on any atom is 0.164 e. The van der Waals surface area contributed by atoms with Crippen LogP contribution in [0.1, 0.15) is 27.2 Å². The largest absolute Gasteiger partial charge is 0.301 e. The van der Waals surface area contributed by atoms with E-state index in [1.807, 2.05) is 50.4 Å². The smallest absolute Gasteiger partial charge is 0.164 e. The fourth-order valence-electron chi connectivity index (χ4n) is 1.96. The van der Waals surface area contributed by atoms with Crippen molar-refractivity contribution in [1.82, 2.24) is 4.90 Å². The van der Waals surface area contributed by atoms with Crippen LogP contribution in [0.2, 0.25) is 4.34 Å². The lowest BCUT2D eigenvalue weighted by atomic mass is 10.1. The summed E-state index contributed by atoms with van der Waals surface area (Å²) >= 11 is 7.50. The Morgan fingerprint density at radius 1 is 1.20 bits per heavy atom. The molecule has 0 spiro atoms. The molecule has 1 aromatic carbocycles. The SMILES string of the molecule is Cc1ccc(C(=O)CCN(C)Cc2ccc(Cl)s2)cc1. The van der Waals surface area contributed by atoms with Crippen molar-refractivity contribution in [3.8, 4) is 0 Å². The molecule has 4 heteroatoms. The molecule has 2 rings (SSSR count). The summed E-state index contributed by atoms with van der Waals surface area (Å²) in [4.78, 5) is 15.4. The molecule has 2 aromatic rings. The second-order valence-electron chi connectivity index (χ2n) is 4.98. The molecule has 0 aliphatic carbocycles. The normalized spacial score (nSPS) is 11.0. The molecule has 0 radical (unpaired) electrons.